The topological polar surface area (TPSA) is 166 Å². The third-order valence-corrected chi connectivity index (χ3v) is 2.24. The van der Waals surface area contributed by atoms with Crippen LogP contribution in [0, 0.1) is 0 Å². The van der Waals surface area contributed by atoms with E-state index >= 15 is 0 Å². The summed E-state index contributed by atoms with van der Waals surface area (Å²) in [6.07, 6.45) is -4.72. The number of carbonyl (C=O) groups excluding carboxylic acids is 2. The lowest BCUT2D eigenvalue weighted by molar-refractivity contribution is -0.108. The van der Waals surface area contributed by atoms with Gasteiger partial charge in [0, 0.05) is 0 Å². The Kier molecular flexibility index (Phi) is 4.97. The van der Waals surface area contributed by atoms with Gasteiger partial charge >= 0.3 is 6.03 Å². The summed E-state index contributed by atoms with van der Waals surface area (Å²) in [6, 6.07) is -0.975. The van der Waals surface area contributed by atoms with E-state index in [1.807, 2.05) is 5.32 Å². The molecule has 1 heterocycles. The van der Waals surface area contributed by atoms with E-state index in [1.54, 1.807) is 0 Å². The number of hydrogen-bond acceptors (Lipinski definition) is 6. The number of aliphatic imine (C=N–C) groups is 1. The standard InChI is InChI=1S/C8H14N4O6/c9-7(10-2-14)12-8(17)11-6-5(16)4(15)3(1-13)18-6/h2-6,13,15-16H,1H2,(H4,9,10,11,12,14,17)/t3-,4?,5?,6-/m1/s1. The van der Waals surface area contributed by atoms with Gasteiger partial charge in [-0.1, -0.05) is 0 Å². The number of ether oxygens (including phenoxy) is 1. The molecule has 0 bridgehead atoms. The number of nitrogens with two attached hydrogens (primary N) is 1. The molecule has 0 aromatic heterocycles. The Morgan fingerprint density at radius 3 is 2.61 bits per heavy atom. The average molecular weight is 262 g/mol. The van der Waals surface area contributed by atoms with Crippen molar-refractivity contribution in [2.24, 2.45) is 10.7 Å². The van der Waals surface area contributed by atoms with Gasteiger partial charge in [0.2, 0.25) is 12.4 Å². The van der Waals surface area contributed by atoms with Gasteiger partial charge in [-0.15, -0.1) is 0 Å². The first-order valence-electron chi connectivity index (χ1n) is 4.97. The van der Waals surface area contributed by atoms with Crippen molar-refractivity contribution in [1.82, 2.24) is 10.6 Å². The number of rotatable bonds is 3. The van der Waals surface area contributed by atoms with Crippen molar-refractivity contribution in [1.29, 1.82) is 0 Å². The van der Waals surface area contributed by atoms with E-state index in [-0.39, 0.29) is 6.41 Å². The highest BCUT2D eigenvalue weighted by atomic mass is 16.6. The molecular weight excluding hydrogens is 248 g/mol. The summed E-state index contributed by atoms with van der Waals surface area (Å²) >= 11 is 0. The van der Waals surface area contributed by atoms with Gasteiger partial charge < -0.3 is 31.1 Å². The van der Waals surface area contributed by atoms with Crippen LogP contribution in [0.4, 0.5) is 4.79 Å². The first kappa shape index (κ1) is 14.3. The molecule has 0 saturated carbocycles. The van der Waals surface area contributed by atoms with E-state index in [0.29, 0.717) is 0 Å². The fourth-order valence-corrected chi connectivity index (χ4v) is 1.37. The molecule has 0 aromatic rings. The van der Waals surface area contributed by atoms with Crippen LogP contribution in [0.25, 0.3) is 0 Å². The molecule has 0 aliphatic carbocycles. The summed E-state index contributed by atoms with van der Waals surface area (Å²) < 4.78 is 4.97. The van der Waals surface area contributed by atoms with Crippen molar-refractivity contribution in [2.75, 3.05) is 6.61 Å². The molecule has 0 aromatic carbocycles. The van der Waals surface area contributed by atoms with E-state index in [1.165, 1.54) is 0 Å². The van der Waals surface area contributed by atoms with Crippen LogP contribution in [0.2, 0.25) is 0 Å². The molecule has 10 nitrogen and oxygen atoms in total. The first-order valence-corrected chi connectivity index (χ1v) is 4.97. The molecule has 1 fully saturated rings. The van der Waals surface area contributed by atoms with Crippen LogP contribution in [0.15, 0.2) is 4.99 Å². The van der Waals surface area contributed by atoms with Crippen LogP contribution in [-0.2, 0) is 9.53 Å². The molecule has 2 unspecified atom stereocenters. The van der Waals surface area contributed by atoms with Gasteiger partial charge in [0.15, 0.2) is 6.23 Å². The number of nitrogens with zero attached hydrogens (tertiary/aromatic N) is 1. The lowest BCUT2D eigenvalue weighted by Gasteiger charge is -2.14. The van der Waals surface area contributed by atoms with Gasteiger partial charge in [0.05, 0.1) is 6.61 Å². The maximum atomic E-state index is 11.3. The Hall–Kier alpha value is -1.75. The third-order valence-electron chi connectivity index (χ3n) is 2.24. The highest BCUT2D eigenvalue weighted by Gasteiger charge is 2.43. The zero-order valence-electron chi connectivity index (χ0n) is 9.18. The average Bonchev–Trinajstić information content (AvgIpc) is 2.57. The zero-order chi connectivity index (χ0) is 13.7. The molecule has 10 heteroatoms. The third kappa shape index (κ3) is 3.37. The van der Waals surface area contributed by atoms with Crippen molar-refractivity contribution in [3.63, 3.8) is 0 Å². The fourth-order valence-electron chi connectivity index (χ4n) is 1.37. The number of aliphatic hydroxyl groups excluding tert-OH is 3. The van der Waals surface area contributed by atoms with Gasteiger partial charge in [0.1, 0.15) is 18.3 Å². The zero-order valence-corrected chi connectivity index (χ0v) is 9.18. The minimum Gasteiger partial charge on any atom is -0.394 e. The van der Waals surface area contributed by atoms with E-state index in [4.69, 9.17) is 15.6 Å². The number of nitrogens with one attached hydrogen (secondary N) is 2. The first-order chi connectivity index (χ1) is 8.49. The summed E-state index contributed by atoms with van der Waals surface area (Å²) in [5, 5.41) is 31.8. The second-order valence-corrected chi connectivity index (χ2v) is 3.47. The summed E-state index contributed by atoms with van der Waals surface area (Å²) in [4.78, 5) is 24.5. The van der Waals surface area contributed by atoms with Gasteiger partial charge in [0.25, 0.3) is 0 Å². The van der Waals surface area contributed by atoms with Crippen LogP contribution in [0.3, 0.4) is 0 Å². The number of guanidine groups is 1. The Labute approximate surface area is 101 Å². The molecule has 1 saturated heterocycles. The van der Waals surface area contributed by atoms with Gasteiger partial charge in [-0.25, -0.2) is 4.79 Å². The van der Waals surface area contributed by atoms with Crippen LogP contribution >= 0.6 is 0 Å². The number of urea groups is 1. The SMILES string of the molecule is N/C(=N/C(=O)N[C@@H]1O[C@H](CO)C(O)C1O)NC=O. The fraction of sp³-hybridized carbons (Fsp3) is 0.625. The summed E-state index contributed by atoms with van der Waals surface area (Å²) in [5.74, 6) is -0.436. The quantitative estimate of drug-likeness (QED) is 0.172. The van der Waals surface area contributed by atoms with Crippen LogP contribution in [0.5, 0.6) is 0 Å². The smallest absolute Gasteiger partial charge is 0.346 e. The van der Waals surface area contributed by atoms with Crippen LogP contribution < -0.4 is 16.4 Å². The normalized spacial score (nSPS) is 32.1. The van der Waals surface area contributed by atoms with E-state index in [2.05, 4.69) is 10.3 Å². The maximum Gasteiger partial charge on any atom is 0.346 e. The van der Waals surface area contributed by atoms with Crippen molar-refractivity contribution in [3.8, 4) is 0 Å². The molecule has 3 amide bonds. The van der Waals surface area contributed by atoms with Crippen LogP contribution in [-0.4, -0.2) is 64.9 Å². The molecule has 4 atom stereocenters. The number of aliphatic hydroxyl groups is 3. The molecule has 1 rings (SSSR count). The molecule has 102 valence electrons. The summed E-state index contributed by atoms with van der Waals surface area (Å²) in [7, 11) is 0. The van der Waals surface area contributed by atoms with E-state index < -0.39 is 43.1 Å². The van der Waals surface area contributed by atoms with Crippen molar-refractivity contribution in [2.45, 2.75) is 24.5 Å². The summed E-state index contributed by atoms with van der Waals surface area (Å²) in [6.45, 7) is -0.511. The molecule has 1 aliphatic rings. The van der Waals surface area contributed by atoms with Gasteiger partial charge in [-0.3, -0.25) is 10.1 Å². The lowest BCUT2D eigenvalue weighted by Crippen LogP contribution is -2.44. The van der Waals surface area contributed by atoms with E-state index in [0.717, 1.165) is 0 Å². The highest BCUT2D eigenvalue weighted by molar-refractivity contribution is 5.95. The minimum atomic E-state index is -1.40. The van der Waals surface area contributed by atoms with Crippen LogP contribution in [0.1, 0.15) is 0 Å². The Morgan fingerprint density at radius 2 is 2.11 bits per heavy atom. The second kappa shape index (κ2) is 6.26. The van der Waals surface area contributed by atoms with E-state index in [9.17, 15) is 19.8 Å². The van der Waals surface area contributed by atoms with Crippen molar-refractivity contribution in [3.05, 3.63) is 0 Å². The molecule has 0 spiro atoms. The maximum absolute atomic E-state index is 11.3. The molecule has 1 aliphatic heterocycles. The lowest BCUT2D eigenvalue weighted by atomic mass is 10.1. The van der Waals surface area contributed by atoms with Crippen molar-refractivity contribution < 1.29 is 29.6 Å². The van der Waals surface area contributed by atoms with Gasteiger partial charge in [-0.05, 0) is 0 Å². The Morgan fingerprint density at radius 1 is 1.44 bits per heavy atom. The summed E-state index contributed by atoms with van der Waals surface area (Å²) in [5.41, 5.74) is 5.13. The monoisotopic (exact) mass is 262 g/mol. The minimum absolute atomic E-state index is 0.235. The number of hydrogen-bond donors (Lipinski definition) is 6. The largest absolute Gasteiger partial charge is 0.394 e. The Balaban J connectivity index is 2.55. The molecular formula is C8H14N4O6. The number of carbonyl (C=O) groups is 2. The predicted octanol–water partition coefficient (Wildman–Crippen LogP) is -3.80. The molecule has 7 N–H and O–H groups in total. The van der Waals surface area contributed by atoms with Crippen molar-refractivity contribution >= 4 is 18.4 Å². The second-order valence-electron chi connectivity index (χ2n) is 3.47. The highest BCUT2D eigenvalue weighted by Crippen LogP contribution is 2.19. The predicted molar refractivity (Wildman–Crippen MR) is 57.1 cm³/mol. The van der Waals surface area contributed by atoms with Gasteiger partial charge in [-0.2, -0.15) is 4.99 Å². The number of amides is 3. The Bertz CT molecular complexity index is 348. The molecule has 18 heavy (non-hydrogen) atoms. The molecule has 0 radical (unpaired) electrons.